The van der Waals surface area contributed by atoms with Crippen LogP contribution in [0.5, 0.6) is 0 Å². The zero-order chi connectivity index (χ0) is 21.8. The molecule has 2 aliphatic rings. The summed E-state index contributed by atoms with van der Waals surface area (Å²) in [6.45, 7) is 0.312. The molecule has 0 aliphatic heterocycles. The number of rotatable bonds is 7. The van der Waals surface area contributed by atoms with Gasteiger partial charge in [0, 0.05) is 29.8 Å². The number of thioether (sulfide) groups is 1. The summed E-state index contributed by atoms with van der Waals surface area (Å²) in [5, 5.41) is 16.1. The molecular formula is C24H26N4O2S. The van der Waals surface area contributed by atoms with Gasteiger partial charge in [0.25, 0.3) is 5.91 Å². The van der Waals surface area contributed by atoms with Crippen molar-refractivity contribution in [3.05, 3.63) is 52.7 Å². The molecule has 0 unspecified atom stereocenters. The summed E-state index contributed by atoms with van der Waals surface area (Å²) < 4.78 is 0. The van der Waals surface area contributed by atoms with E-state index in [2.05, 4.69) is 21.7 Å². The molecule has 2 fully saturated rings. The van der Waals surface area contributed by atoms with Crippen molar-refractivity contribution in [2.75, 3.05) is 11.6 Å². The third kappa shape index (κ3) is 5.08. The highest BCUT2D eigenvalue weighted by atomic mass is 32.2. The number of nitrogens with one attached hydrogen (secondary N) is 2. The molecule has 1 aromatic heterocycles. The Hall–Kier alpha value is -2.85. The van der Waals surface area contributed by atoms with Crippen LogP contribution in [0.4, 0.5) is 5.69 Å². The van der Waals surface area contributed by atoms with E-state index in [-0.39, 0.29) is 17.7 Å². The van der Waals surface area contributed by atoms with Crippen LogP contribution in [0.3, 0.4) is 0 Å². The van der Waals surface area contributed by atoms with Crippen LogP contribution < -0.4 is 10.6 Å². The van der Waals surface area contributed by atoms with E-state index in [1.807, 2.05) is 30.5 Å². The fraction of sp³-hybridized carbons (Fsp3) is 0.417. The molecule has 2 amide bonds. The molecule has 2 aromatic rings. The molecule has 7 heteroatoms. The minimum Gasteiger partial charge on any atom is -0.348 e. The van der Waals surface area contributed by atoms with E-state index in [1.54, 1.807) is 6.07 Å². The van der Waals surface area contributed by atoms with Gasteiger partial charge in [0.05, 0.1) is 11.1 Å². The lowest BCUT2D eigenvalue weighted by Crippen LogP contribution is -2.25. The number of hydrogen-bond donors (Lipinski definition) is 2. The van der Waals surface area contributed by atoms with Gasteiger partial charge in [-0.2, -0.15) is 5.26 Å². The number of hydrogen-bond acceptors (Lipinski definition) is 5. The van der Waals surface area contributed by atoms with Crippen LogP contribution in [0.25, 0.3) is 0 Å². The molecule has 1 heterocycles. The van der Waals surface area contributed by atoms with Crippen molar-refractivity contribution in [3.63, 3.8) is 0 Å². The molecule has 0 atom stereocenters. The van der Waals surface area contributed by atoms with E-state index < -0.39 is 0 Å². The van der Waals surface area contributed by atoms with Crippen molar-refractivity contribution >= 4 is 29.3 Å². The smallest absolute Gasteiger partial charge is 0.253 e. The van der Waals surface area contributed by atoms with Gasteiger partial charge in [-0.05, 0) is 55.7 Å². The summed E-state index contributed by atoms with van der Waals surface area (Å²) in [6, 6.07) is 11.4. The number of nitrogens with zero attached hydrogens (tertiary/aromatic N) is 2. The topological polar surface area (TPSA) is 94.9 Å². The minimum absolute atomic E-state index is 0.0753. The van der Waals surface area contributed by atoms with Crippen molar-refractivity contribution in [3.8, 4) is 6.07 Å². The number of carbonyl (C=O) groups excluding carboxylic acids is 2. The van der Waals surface area contributed by atoms with Gasteiger partial charge in [-0.3, -0.25) is 9.59 Å². The van der Waals surface area contributed by atoms with Crippen molar-refractivity contribution in [1.82, 2.24) is 10.3 Å². The normalized spacial score (nSPS) is 16.0. The lowest BCUT2D eigenvalue weighted by atomic mass is 10.1. The van der Waals surface area contributed by atoms with Crippen molar-refractivity contribution in [2.24, 2.45) is 5.92 Å². The first kappa shape index (κ1) is 21.4. The summed E-state index contributed by atoms with van der Waals surface area (Å²) in [6.07, 6.45) is 8.16. The monoisotopic (exact) mass is 434 g/mol. The molecule has 4 rings (SSSR count). The first-order valence-corrected chi connectivity index (χ1v) is 12.0. The number of benzene rings is 1. The zero-order valence-electron chi connectivity index (χ0n) is 17.6. The molecule has 0 spiro atoms. The van der Waals surface area contributed by atoms with E-state index in [9.17, 15) is 14.9 Å². The summed E-state index contributed by atoms with van der Waals surface area (Å²) in [7, 11) is 0. The Bertz CT molecular complexity index is 1040. The summed E-state index contributed by atoms with van der Waals surface area (Å²) >= 11 is 1.39. The number of carbonyl (C=O) groups is 2. The number of aromatic nitrogens is 1. The summed E-state index contributed by atoms with van der Waals surface area (Å²) in [4.78, 5) is 29.9. The number of nitriles is 1. The van der Waals surface area contributed by atoms with Gasteiger partial charge in [0.15, 0.2) is 0 Å². The Kier molecular flexibility index (Phi) is 6.57. The van der Waals surface area contributed by atoms with E-state index in [0.717, 1.165) is 55.5 Å². The van der Waals surface area contributed by atoms with Crippen molar-refractivity contribution < 1.29 is 9.59 Å². The quantitative estimate of drug-likeness (QED) is 0.621. The fourth-order valence-corrected chi connectivity index (χ4v) is 4.59. The van der Waals surface area contributed by atoms with Gasteiger partial charge in [0.1, 0.15) is 11.1 Å². The highest BCUT2D eigenvalue weighted by molar-refractivity contribution is 7.98. The number of anilines is 1. The van der Waals surface area contributed by atoms with Gasteiger partial charge < -0.3 is 10.6 Å². The Morgan fingerprint density at radius 2 is 1.97 bits per heavy atom. The molecule has 6 nitrogen and oxygen atoms in total. The third-order valence-electron chi connectivity index (χ3n) is 5.93. The first-order valence-electron chi connectivity index (χ1n) is 10.8. The van der Waals surface area contributed by atoms with Gasteiger partial charge in [-0.15, -0.1) is 11.8 Å². The van der Waals surface area contributed by atoms with Crippen LogP contribution >= 0.6 is 11.8 Å². The Labute approximate surface area is 186 Å². The Morgan fingerprint density at radius 3 is 2.65 bits per heavy atom. The molecule has 2 aliphatic carbocycles. The van der Waals surface area contributed by atoms with Crippen LogP contribution in [0.15, 0.2) is 35.4 Å². The molecule has 0 radical (unpaired) electrons. The Balaban J connectivity index is 1.45. The van der Waals surface area contributed by atoms with Crippen LogP contribution in [0, 0.1) is 17.2 Å². The predicted octanol–water partition coefficient (Wildman–Crippen LogP) is 4.61. The largest absolute Gasteiger partial charge is 0.348 e. The second-order valence-electron chi connectivity index (χ2n) is 8.22. The maximum Gasteiger partial charge on any atom is 0.253 e. The fourth-order valence-electron chi connectivity index (χ4n) is 4.03. The number of pyridine rings is 1. The molecule has 1 aromatic carbocycles. The van der Waals surface area contributed by atoms with Crippen LogP contribution in [-0.4, -0.2) is 23.1 Å². The second kappa shape index (κ2) is 9.52. The van der Waals surface area contributed by atoms with E-state index in [1.165, 1.54) is 11.8 Å². The highest BCUT2D eigenvalue weighted by Crippen LogP contribution is 2.40. The van der Waals surface area contributed by atoms with Gasteiger partial charge in [-0.1, -0.05) is 25.0 Å². The summed E-state index contributed by atoms with van der Waals surface area (Å²) in [5.74, 6) is 0.291. The van der Waals surface area contributed by atoms with Crippen LogP contribution in [-0.2, 0) is 11.3 Å². The first-order chi connectivity index (χ1) is 15.1. The van der Waals surface area contributed by atoms with Gasteiger partial charge in [0.2, 0.25) is 5.91 Å². The highest BCUT2D eigenvalue weighted by Gasteiger charge is 2.28. The number of amides is 2. The molecule has 31 heavy (non-hydrogen) atoms. The van der Waals surface area contributed by atoms with Crippen LogP contribution in [0.1, 0.15) is 71.6 Å². The van der Waals surface area contributed by atoms with Crippen molar-refractivity contribution in [1.29, 1.82) is 5.26 Å². The average molecular weight is 435 g/mol. The SMILES string of the molecule is CSc1nc(C2CC2)cc(C(=O)NCc2cccc(NC(=O)C3CCCC3)c2)c1C#N. The molecule has 2 N–H and O–H groups in total. The molecule has 0 bridgehead atoms. The molecule has 2 saturated carbocycles. The lowest BCUT2D eigenvalue weighted by molar-refractivity contribution is -0.119. The second-order valence-corrected chi connectivity index (χ2v) is 9.01. The van der Waals surface area contributed by atoms with Gasteiger partial charge >= 0.3 is 0 Å². The van der Waals surface area contributed by atoms with Gasteiger partial charge in [-0.25, -0.2) is 4.98 Å². The molecule has 160 valence electrons. The molecular weight excluding hydrogens is 408 g/mol. The summed E-state index contributed by atoms with van der Waals surface area (Å²) in [5.41, 5.74) is 3.23. The van der Waals surface area contributed by atoms with E-state index >= 15 is 0 Å². The minimum atomic E-state index is -0.281. The van der Waals surface area contributed by atoms with E-state index in [4.69, 9.17) is 0 Å². The maximum absolute atomic E-state index is 12.9. The zero-order valence-corrected chi connectivity index (χ0v) is 18.4. The maximum atomic E-state index is 12.9. The molecule has 0 saturated heterocycles. The third-order valence-corrected chi connectivity index (χ3v) is 6.61. The Morgan fingerprint density at radius 1 is 1.19 bits per heavy atom. The lowest BCUT2D eigenvalue weighted by Gasteiger charge is -2.13. The standard InChI is InChI=1S/C24H26N4O2S/c1-31-24-20(13-25)19(12-21(28-24)16-9-10-16)23(30)26-14-15-5-4-8-18(11-15)27-22(29)17-6-2-3-7-17/h4-5,8,11-12,16-17H,2-3,6-7,9-10,14H2,1H3,(H,26,30)(H,27,29). The van der Waals surface area contributed by atoms with E-state index in [0.29, 0.717) is 28.6 Å². The predicted molar refractivity (Wildman–Crippen MR) is 121 cm³/mol. The van der Waals surface area contributed by atoms with Crippen molar-refractivity contribution in [2.45, 2.75) is 56.0 Å². The average Bonchev–Trinajstić information content (AvgIpc) is 3.49. The van der Waals surface area contributed by atoms with Crippen LogP contribution in [0.2, 0.25) is 0 Å².